The van der Waals surface area contributed by atoms with Crippen molar-refractivity contribution in [2.45, 2.75) is 39.3 Å². The average molecular weight is 268 g/mol. The highest BCUT2D eigenvalue weighted by Crippen LogP contribution is 2.27. The summed E-state index contributed by atoms with van der Waals surface area (Å²) in [7, 11) is 0. The molecule has 1 aromatic rings. The van der Waals surface area contributed by atoms with E-state index in [4.69, 9.17) is 9.84 Å². The van der Waals surface area contributed by atoms with Crippen molar-refractivity contribution in [3.05, 3.63) is 28.3 Å². The van der Waals surface area contributed by atoms with Gasteiger partial charge in [-0.1, -0.05) is 6.92 Å². The van der Waals surface area contributed by atoms with E-state index in [0.717, 1.165) is 6.42 Å². The summed E-state index contributed by atoms with van der Waals surface area (Å²) < 4.78 is 5.49. The number of nitrogens with one attached hydrogen (secondary N) is 1. The topological polar surface area (TPSA) is 84.6 Å². The number of non-ortho nitro benzene ring substituents is 1. The maximum atomic E-state index is 10.9. The fraction of sp³-hybridized carbons (Fsp3) is 0.538. The van der Waals surface area contributed by atoms with Crippen LogP contribution in [0.15, 0.2) is 18.2 Å². The van der Waals surface area contributed by atoms with Gasteiger partial charge in [-0.3, -0.25) is 10.1 Å². The Balaban J connectivity index is 3.02. The summed E-state index contributed by atoms with van der Waals surface area (Å²) in [6.07, 6.45) is 0.661. The van der Waals surface area contributed by atoms with E-state index in [1.807, 2.05) is 20.8 Å². The number of nitro groups is 1. The van der Waals surface area contributed by atoms with Crippen molar-refractivity contribution in [1.82, 2.24) is 0 Å². The molecular formula is C13H20N2O4. The van der Waals surface area contributed by atoms with Crippen molar-refractivity contribution < 1.29 is 14.8 Å². The highest BCUT2D eigenvalue weighted by atomic mass is 16.6. The van der Waals surface area contributed by atoms with Crippen LogP contribution in [0.3, 0.4) is 0 Å². The smallest absolute Gasteiger partial charge is 0.275 e. The third-order valence-corrected chi connectivity index (χ3v) is 2.56. The van der Waals surface area contributed by atoms with Gasteiger partial charge in [0.15, 0.2) is 0 Å². The Morgan fingerprint density at radius 2 is 2.11 bits per heavy atom. The van der Waals surface area contributed by atoms with Crippen LogP contribution < -0.4 is 10.1 Å². The number of aliphatic hydroxyl groups excluding tert-OH is 1. The molecule has 0 bridgehead atoms. The molecule has 1 aromatic carbocycles. The van der Waals surface area contributed by atoms with Crippen molar-refractivity contribution in [1.29, 1.82) is 0 Å². The first-order chi connectivity index (χ1) is 8.96. The van der Waals surface area contributed by atoms with Crippen molar-refractivity contribution >= 4 is 11.4 Å². The standard InChI is InChI=1S/C13H20N2O4/c1-4-10(8-16)14-11-5-12(15(17)18)7-13(6-11)19-9(2)3/h5-7,9-10,14,16H,4,8H2,1-3H3. The molecular weight excluding hydrogens is 248 g/mol. The lowest BCUT2D eigenvalue weighted by atomic mass is 10.2. The summed E-state index contributed by atoms with van der Waals surface area (Å²) in [5.74, 6) is 0.444. The monoisotopic (exact) mass is 268 g/mol. The minimum Gasteiger partial charge on any atom is -0.491 e. The molecule has 0 heterocycles. The summed E-state index contributed by atoms with van der Waals surface area (Å²) in [5.41, 5.74) is 0.541. The van der Waals surface area contributed by atoms with Gasteiger partial charge < -0.3 is 15.2 Å². The van der Waals surface area contributed by atoms with Crippen LogP contribution in [-0.2, 0) is 0 Å². The van der Waals surface area contributed by atoms with E-state index in [0.29, 0.717) is 11.4 Å². The third-order valence-electron chi connectivity index (χ3n) is 2.56. The van der Waals surface area contributed by atoms with Crippen molar-refractivity contribution in [3.63, 3.8) is 0 Å². The normalized spacial score (nSPS) is 12.3. The number of hydrogen-bond donors (Lipinski definition) is 2. The Hall–Kier alpha value is -1.82. The second-order valence-corrected chi connectivity index (χ2v) is 4.57. The highest BCUT2D eigenvalue weighted by Gasteiger charge is 2.13. The number of hydrogen-bond acceptors (Lipinski definition) is 5. The first-order valence-corrected chi connectivity index (χ1v) is 6.29. The number of rotatable bonds is 7. The lowest BCUT2D eigenvalue weighted by Crippen LogP contribution is -2.22. The molecule has 0 aliphatic rings. The lowest BCUT2D eigenvalue weighted by Gasteiger charge is -2.17. The Bertz CT molecular complexity index is 431. The molecule has 1 atom stereocenters. The van der Waals surface area contributed by atoms with Crippen LogP contribution in [0.25, 0.3) is 0 Å². The molecule has 0 fully saturated rings. The van der Waals surface area contributed by atoms with Gasteiger partial charge in [0.25, 0.3) is 5.69 Å². The number of aliphatic hydroxyl groups is 1. The van der Waals surface area contributed by atoms with Crippen LogP contribution in [0.4, 0.5) is 11.4 Å². The largest absolute Gasteiger partial charge is 0.491 e. The van der Waals surface area contributed by atoms with Crippen LogP contribution in [0, 0.1) is 10.1 Å². The van der Waals surface area contributed by atoms with Crippen LogP contribution >= 0.6 is 0 Å². The molecule has 2 N–H and O–H groups in total. The molecule has 0 aliphatic heterocycles. The van der Waals surface area contributed by atoms with Crippen LogP contribution in [0.1, 0.15) is 27.2 Å². The molecule has 6 nitrogen and oxygen atoms in total. The molecule has 0 aromatic heterocycles. The van der Waals surface area contributed by atoms with E-state index < -0.39 is 4.92 Å². The van der Waals surface area contributed by atoms with Gasteiger partial charge in [0.2, 0.25) is 0 Å². The molecule has 0 amide bonds. The summed E-state index contributed by atoms with van der Waals surface area (Å²) in [4.78, 5) is 10.4. The number of benzene rings is 1. The molecule has 19 heavy (non-hydrogen) atoms. The van der Waals surface area contributed by atoms with Gasteiger partial charge in [0, 0.05) is 23.9 Å². The van der Waals surface area contributed by atoms with Gasteiger partial charge in [0.05, 0.1) is 23.7 Å². The number of nitrogens with zero attached hydrogens (tertiary/aromatic N) is 1. The lowest BCUT2D eigenvalue weighted by molar-refractivity contribution is -0.384. The van der Waals surface area contributed by atoms with Gasteiger partial charge in [-0.25, -0.2) is 0 Å². The van der Waals surface area contributed by atoms with E-state index in [1.165, 1.54) is 12.1 Å². The summed E-state index contributed by atoms with van der Waals surface area (Å²) in [6.45, 7) is 5.61. The molecule has 1 rings (SSSR count). The minimum atomic E-state index is -0.460. The maximum absolute atomic E-state index is 10.9. The van der Waals surface area contributed by atoms with Crippen LogP contribution in [0.2, 0.25) is 0 Å². The van der Waals surface area contributed by atoms with Crippen molar-refractivity contribution in [2.75, 3.05) is 11.9 Å². The van der Waals surface area contributed by atoms with Gasteiger partial charge >= 0.3 is 0 Å². The number of nitro benzene ring substituents is 1. The number of ether oxygens (including phenoxy) is 1. The van der Waals surface area contributed by atoms with Crippen LogP contribution in [0.5, 0.6) is 5.75 Å². The first kappa shape index (κ1) is 15.2. The van der Waals surface area contributed by atoms with Crippen molar-refractivity contribution in [2.24, 2.45) is 0 Å². The zero-order chi connectivity index (χ0) is 14.4. The first-order valence-electron chi connectivity index (χ1n) is 6.29. The summed E-state index contributed by atoms with van der Waals surface area (Å²) in [5, 5.41) is 23.1. The minimum absolute atomic E-state index is 0.0282. The summed E-state index contributed by atoms with van der Waals surface area (Å²) in [6, 6.07) is 4.40. The van der Waals surface area contributed by atoms with Gasteiger partial charge in [-0.05, 0) is 20.3 Å². The van der Waals surface area contributed by atoms with Crippen LogP contribution in [-0.4, -0.2) is 28.8 Å². The molecule has 1 unspecified atom stereocenters. The fourth-order valence-electron chi connectivity index (χ4n) is 1.62. The van der Waals surface area contributed by atoms with Gasteiger partial charge in [-0.2, -0.15) is 0 Å². The van der Waals surface area contributed by atoms with Gasteiger partial charge in [-0.15, -0.1) is 0 Å². The molecule has 6 heteroatoms. The second kappa shape index (κ2) is 6.94. The predicted molar refractivity (Wildman–Crippen MR) is 73.6 cm³/mol. The maximum Gasteiger partial charge on any atom is 0.275 e. The SMILES string of the molecule is CCC(CO)Nc1cc(OC(C)C)cc([N+](=O)[O-])c1. The van der Waals surface area contributed by atoms with E-state index in [2.05, 4.69) is 5.32 Å². The third kappa shape index (κ3) is 4.75. The zero-order valence-corrected chi connectivity index (χ0v) is 11.4. The predicted octanol–water partition coefficient (Wildman–Crippen LogP) is 2.56. The van der Waals surface area contributed by atoms with E-state index in [-0.39, 0.29) is 24.4 Å². The Kier molecular flexibility index (Phi) is 5.57. The molecule has 0 saturated heterocycles. The quantitative estimate of drug-likeness (QED) is 0.586. The molecule has 0 aliphatic carbocycles. The Labute approximate surface area is 112 Å². The molecule has 0 saturated carbocycles. The van der Waals surface area contributed by atoms with E-state index in [9.17, 15) is 10.1 Å². The van der Waals surface area contributed by atoms with E-state index in [1.54, 1.807) is 6.07 Å². The second-order valence-electron chi connectivity index (χ2n) is 4.57. The van der Waals surface area contributed by atoms with Gasteiger partial charge in [0.1, 0.15) is 5.75 Å². The molecule has 0 spiro atoms. The Morgan fingerprint density at radius 1 is 1.42 bits per heavy atom. The average Bonchev–Trinajstić information content (AvgIpc) is 2.34. The van der Waals surface area contributed by atoms with Crippen molar-refractivity contribution in [3.8, 4) is 5.75 Å². The molecule has 0 radical (unpaired) electrons. The zero-order valence-electron chi connectivity index (χ0n) is 11.4. The highest BCUT2D eigenvalue weighted by molar-refractivity contribution is 5.56. The van der Waals surface area contributed by atoms with E-state index >= 15 is 0 Å². The number of anilines is 1. The Morgan fingerprint density at radius 3 is 2.58 bits per heavy atom. The fourth-order valence-corrected chi connectivity index (χ4v) is 1.62. The molecule has 106 valence electrons. The summed E-state index contributed by atoms with van der Waals surface area (Å²) >= 11 is 0.